The molecule has 0 aromatic heterocycles. The zero-order valence-electron chi connectivity index (χ0n) is 10.7. The van der Waals surface area contributed by atoms with E-state index in [0.717, 1.165) is 0 Å². The Hall–Kier alpha value is -1.42. The molecule has 0 saturated heterocycles. The quantitative estimate of drug-likeness (QED) is 0.816. The van der Waals surface area contributed by atoms with E-state index >= 15 is 0 Å². The van der Waals surface area contributed by atoms with Crippen LogP contribution in [0.25, 0.3) is 0 Å². The molecular weight excluding hydrogens is 312 g/mol. The normalized spacial score (nSPS) is 12.3. The van der Waals surface area contributed by atoms with E-state index in [4.69, 9.17) is 0 Å². The molecule has 2 aromatic rings. The summed E-state index contributed by atoms with van der Waals surface area (Å²) in [6.45, 7) is 3.54. The standard InChI is InChI=1S/C15H14BrF2N/c1-9-13(17)4-3-5-15(9)19-10(2)12-7-6-11(16)8-14(12)18/h3-8,10,19H,1-2H3. The van der Waals surface area contributed by atoms with Crippen molar-refractivity contribution in [1.29, 1.82) is 0 Å². The Morgan fingerprint density at radius 2 is 1.84 bits per heavy atom. The first kappa shape index (κ1) is 14.0. The van der Waals surface area contributed by atoms with Crippen LogP contribution in [0.15, 0.2) is 40.9 Å². The second-order valence-corrected chi connectivity index (χ2v) is 5.36. The van der Waals surface area contributed by atoms with Crippen LogP contribution in [0.1, 0.15) is 24.1 Å². The summed E-state index contributed by atoms with van der Waals surface area (Å²) in [6.07, 6.45) is 0. The molecule has 0 heterocycles. The van der Waals surface area contributed by atoms with E-state index in [1.165, 1.54) is 12.1 Å². The first-order valence-corrected chi connectivity index (χ1v) is 6.75. The van der Waals surface area contributed by atoms with Gasteiger partial charge in [-0.15, -0.1) is 0 Å². The summed E-state index contributed by atoms with van der Waals surface area (Å²) in [5.74, 6) is -0.558. The van der Waals surface area contributed by atoms with Crippen LogP contribution in [0.2, 0.25) is 0 Å². The van der Waals surface area contributed by atoms with Gasteiger partial charge in [0.25, 0.3) is 0 Å². The summed E-state index contributed by atoms with van der Waals surface area (Å²) in [4.78, 5) is 0. The van der Waals surface area contributed by atoms with E-state index < -0.39 is 0 Å². The summed E-state index contributed by atoms with van der Waals surface area (Å²) < 4.78 is 28.0. The highest BCUT2D eigenvalue weighted by Gasteiger charge is 2.12. The van der Waals surface area contributed by atoms with Gasteiger partial charge in [0, 0.05) is 21.3 Å². The summed E-state index contributed by atoms with van der Waals surface area (Å²) >= 11 is 3.22. The monoisotopic (exact) mass is 325 g/mol. The molecule has 0 fully saturated rings. The summed E-state index contributed by atoms with van der Waals surface area (Å²) in [5, 5.41) is 3.13. The Morgan fingerprint density at radius 1 is 1.11 bits per heavy atom. The zero-order valence-corrected chi connectivity index (χ0v) is 12.3. The maximum absolute atomic E-state index is 13.8. The van der Waals surface area contributed by atoms with Crippen LogP contribution in [-0.4, -0.2) is 0 Å². The van der Waals surface area contributed by atoms with Gasteiger partial charge >= 0.3 is 0 Å². The highest BCUT2D eigenvalue weighted by molar-refractivity contribution is 9.10. The van der Waals surface area contributed by atoms with Crippen molar-refractivity contribution >= 4 is 21.6 Å². The van der Waals surface area contributed by atoms with Crippen molar-refractivity contribution in [2.45, 2.75) is 19.9 Å². The Balaban J connectivity index is 2.25. The van der Waals surface area contributed by atoms with Crippen LogP contribution in [0.4, 0.5) is 14.5 Å². The van der Waals surface area contributed by atoms with Crippen molar-refractivity contribution in [1.82, 2.24) is 0 Å². The van der Waals surface area contributed by atoms with Crippen molar-refractivity contribution in [3.05, 3.63) is 63.6 Å². The fourth-order valence-corrected chi connectivity index (χ4v) is 2.26. The first-order valence-electron chi connectivity index (χ1n) is 5.95. The molecule has 2 rings (SSSR count). The van der Waals surface area contributed by atoms with Crippen LogP contribution >= 0.6 is 15.9 Å². The number of hydrogen-bond donors (Lipinski definition) is 1. The Morgan fingerprint density at radius 3 is 2.53 bits per heavy atom. The molecule has 1 nitrogen and oxygen atoms in total. The number of halogens is 3. The molecule has 19 heavy (non-hydrogen) atoms. The van der Waals surface area contributed by atoms with Crippen LogP contribution < -0.4 is 5.32 Å². The zero-order chi connectivity index (χ0) is 14.0. The molecule has 0 aliphatic rings. The van der Waals surface area contributed by atoms with Gasteiger partial charge in [0.05, 0.1) is 6.04 Å². The van der Waals surface area contributed by atoms with Crippen LogP contribution in [0, 0.1) is 18.6 Å². The maximum Gasteiger partial charge on any atom is 0.129 e. The third-order valence-corrected chi connectivity index (χ3v) is 3.56. The molecular formula is C15H14BrF2N. The number of nitrogens with one attached hydrogen (secondary N) is 1. The van der Waals surface area contributed by atoms with Gasteiger partial charge in [-0.05, 0) is 38.1 Å². The molecule has 1 N–H and O–H groups in total. The summed E-state index contributed by atoms with van der Waals surface area (Å²) in [7, 11) is 0. The third kappa shape index (κ3) is 3.13. The second kappa shape index (κ2) is 5.70. The van der Waals surface area contributed by atoms with Gasteiger partial charge < -0.3 is 5.32 Å². The lowest BCUT2D eigenvalue weighted by Crippen LogP contribution is -2.10. The lowest BCUT2D eigenvalue weighted by Gasteiger charge is -2.18. The Labute approximate surface area is 119 Å². The number of anilines is 1. The molecule has 4 heteroatoms. The second-order valence-electron chi connectivity index (χ2n) is 4.44. The van der Waals surface area contributed by atoms with Crippen molar-refractivity contribution in [3.8, 4) is 0 Å². The topological polar surface area (TPSA) is 12.0 Å². The van der Waals surface area contributed by atoms with Gasteiger partial charge in [-0.2, -0.15) is 0 Å². The van der Waals surface area contributed by atoms with Gasteiger partial charge in [-0.1, -0.05) is 28.1 Å². The number of hydrogen-bond acceptors (Lipinski definition) is 1. The van der Waals surface area contributed by atoms with Crippen molar-refractivity contribution < 1.29 is 8.78 Å². The lowest BCUT2D eigenvalue weighted by atomic mass is 10.1. The van der Waals surface area contributed by atoms with E-state index in [2.05, 4.69) is 21.2 Å². The lowest BCUT2D eigenvalue weighted by molar-refractivity contribution is 0.598. The highest BCUT2D eigenvalue weighted by Crippen LogP contribution is 2.26. The predicted molar refractivity (Wildman–Crippen MR) is 77.3 cm³/mol. The minimum Gasteiger partial charge on any atom is -0.378 e. The minimum absolute atomic E-state index is 0.242. The fourth-order valence-electron chi connectivity index (χ4n) is 1.93. The van der Waals surface area contributed by atoms with E-state index in [-0.39, 0.29) is 17.7 Å². The predicted octanol–water partition coefficient (Wildman–Crippen LogP) is 5.21. The number of benzene rings is 2. The average molecular weight is 326 g/mol. The first-order chi connectivity index (χ1) is 8.99. The van der Waals surface area contributed by atoms with Crippen LogP contribution in [-0.2, 0) is 0 Å². The van der Waals surface area contributed by atoms with E-state index in [1.54, 1.807) is 31.2 Å². The molecule has 2 aromatic carbocycles. The molecule has 1 atom stereocenters. The van der Waals surface area contributed by atoms with Crippen molar-refractivity contribution in [2.75, 3.05) is 5.32 Å². The molecule has 0 radical (unpaired) electrons. The van der Waals surface area contributed by atoms with E-state index in [1.807, 2.05) is 6.92 Å². The highest BCUT2D eigenvalue weighted by atomic mass is 79.9. The third-order valence-electron chi connectivity index (χ3n) is 3.07. The Kier molecular flexibility index (Phi) is 4.20. The van der Waals surface area contributed by atoms with Gasteiger partial charge in [0.1, 0.15) is 11.6 Å². The fraction of sp³-hybridized carbons (Fsp3) is 0.200. The average Bonchev–Trinajstić information content (AvgIpc) is 2.34. The SMILES string of the molecule is Cc1c(F)cccc1NC(C)c1ccc(Br)cc1F. The summed E-state index contributed by atoms with van der Waals surface area (Å²) in [6, 6.07) is 9.51. The largest absolute Gasteiger partial charge is 0.378 e. The van der Waals surface area contributed by atoms with Crippen molar-refractivity contribution in [3.63, 3.8) is 0 Å². The van der Waals surface area contributed by atoms with Gasteiger partial charge in [0.2, 0.25) is 0 Å². The smallest absolute Gasteiger partial charge is 0.129 e. The van der Waals surface area contributed by atoms with Gasteiger partial charge in [-0.25, -0.2) is 8.78 Å². The molecule has 0 aliphatic heterocycles. The van der Waals surface area contributed by atoms with Crippen LogP contribution in [0.3, 0.4) is 0 Å². The molecule has 0 amide bonds. The molecule has 0 spiro atoms. The Bertz CT molecular complexity index is 599. The van der Waals surface area contributed by atoms with Crippen molar-refractivity contribution in [2.24, 2.45) is 0 Å². The minimum atomic E-state index is -0.288. The molecule has 0 saturated carbocycles. The molecule has 1 unspecified atom stereocenters. The number of rotatable bonds is 3. The maximum atomic E-state index is 13.8. The summed E-state index contributed by atoms with van der Waals surface area (Å²) in [5.41, 5.74) is 1.76. The molecule has 0 aliphatic carbocycles. The van der Waals surface area contributed by atoms with E-state index in [9.17, 15) is 8.78 Å². The molecule has 100 valence electrons. The van der Waals surface area contributed by atoms with E-state index in [0.29, 0.717) is 21.3 Å². The van der Waals surface area contributed by atoms with Gasteiger partial charge in [-0.3, -0.25) is 0 Å². The molecule has 0 bridgehead atoms. The van der Waals surface area contributed by atoms with Gasteiger partial charge in [0.15, 0.2) is 0 Å². The van der Waals surface area contributed by atoms with Crippen LogP contribution in [0.5, 0.6) is 0 Å².